The van der Waals surface area contributed by atoms with Gasteiger partial charge in [-0.25, -0.2) is 4.39 Å². The van der Waals surface area contributed by atoms with Crippen LogP contribution in [0.25, 0.3) is 0 Å². The summed E-state index contributed by atoms with van der Waals surface area (Å²) in [5.74, 6) is 0.986. The van der Waals surface area contributed by atoms with Crippen LogP contribution in [0.1, 0.15) is 18.9 Å². The molecule has 0 radical (unpaired) electrons. The number of ether oxygens (including phenoxy) is 1. The van der Waals surface area contributed by atoms with Crippen molar-refractivity contribution in [1.82, 2.24) is 5.32 Å². The second kappa shape index (κ2) is 10.7. The summed E-state index contributed by atoms with van der Waals surface area (Å²) < 4.78 is 17.5. The fourth-order valence-electron chi connectivity index (χ4n) is 1.70. The van der Waals surface area contributed by atoms with Gasteiger partial charge in [0.1, 0.15) is 5.82 Å². The summed E-state index contributed by atoms with van der Waals surface area (Å²) in [4.78, 5) is 11.1. The molecule has 0 aliphatic carbocycles. The summed E-state index contributed by atoms with van der Waals surface area (Å²) in [6.45, 7) is 4.07. The molecule has 0 bridgehead atoms. The Bertz CT molecular complexity index is 384. The van der Waals surface area contributed by atoms with Crippen LogP contribution in [-0.4, -0.2) is 37.2 Å². The maximum Gasteiger partial charge on any atom is 0.315 e. The summed E-state index contributed by atoms with van der Waals surface area (Å²) in [6, 6.07) is 6.64. The van der Waals surface area contributed by atoms with Crippen LogP contribution in [0.15, 0.2) is 24.3 Å². The second-order valence-corrected chi connectivity index (χ2v) is 5.44. The predicted octanol–water partition coefficient (Wildman–Crippen LogP) is 2.64. The van der Waals surface area contributed by atoms with Crippen molar-refractivity contribution in [3.63, 3.8) is 0 Å². The summed E-state index contributed by atoms with van der Waals surface area (Å²) >= 11 is 1.58. The number of halogens is 1. The Labute approximate surface area is 124 Å². The number of thioether (sulfide) groups is 1. The van der Waals surface area contributed by atoms with Gasteiger partial charge in [0.2, 0.25) is 0 Å². The Kier molecular flexibility index (Phi) is 9.07. The molecule has 0 heterocycles. The smallest absolute Gasteiger partial charge is 0.315 e. The van der Waals surface area contributed by atoms with Gasteiger partial charge in [0.05, 0.1) is 12.4 Å². The van der Waals surface area contributed by atoms with Crippen molar-refractivity contribution in [2.45, 2.75) is 19.8 Å². The number of nitrogens with one attached hydrogen (secondary N) is 1. The minimum Gasteiger partial charge on any atom is -0.465 e. The third-order valence-corrected chi connectivity index (χ3v) is 3.61. The number of esters is 1. The predicted molar refractivity (Wildman–Crippen MR) is 81.5 cm³/mol. The number of rotatable bonds is 10. The highest BCUT2D eigenvalue weighted by molar-refractivity contribution is 7.99. The fourth-order valence-corrected chi connectivity index (χ4v) is 2.38. The number of benzene rings is 1. The lowest BCUT2D eigenvalue weighted by Crippen LogP contribution is -2.19. The monoisotopic (exact) mass is 299 g/mol. The van der Waals surface area contributed by atoms with E-state index < -0.39 is 0 Å². The van der Waals surface area contributed by atoms with Gasteiger partial charge < -0.3 is 10.1 Å². The number of aryl methyl sites for hydroxylation is 1. The summed E-state index contributed by atoms with van der Waals surface area (Å²) in [5, 5.41) is 3.33. The molecule has 0 aromatic heterocycles. The molecule has 3 nitrogen and oxygen atoms in total. The fraction of sp³-hybridized carbons (Fsp3) is 0.533. The molecular weight excluding hydrogens is 277 g/mol. The van der Waals surface area contributed by atoms with Crippen LogP contribution >= 0.6 is 11.8 Å². The van der Waals surface area contributed by atoms with Crippen molar-refractivity contribution in [1.29, 1.82) is 0 Å². The molecule has 1 aromatic carbocycles. The van der Waals surface area contributed by atoms with Gasteiger partial charge in [0.25, 0.3) is 0 Å². The van der Waals surface area contributed by atoms with Gasteiger partial charge in [-0.1, -0.05) is 12.1 Å². The molecule has 0 fully saturated rings. The Morgan fingerprint density at radius 2 is 2.05 bits per heavy atom. The van der Waals surface area contributed by atoms with E-state index in [1.54, 1.807) is 11.8 Å². The first-order valence-electron chi connectivity index (χ1n) is 6.91. The van der Waals surface area contributed by atoms with Crippen molar-refractivity contribution < 1.29 is 13.9 Å². The largest absolute Gasteiger partial charge is 0.465 e. The van der Waals surface area contributed by atoms with Crippen molar-refractivity contribution in [2.24, 2.45) is 0 Å². The lowest BCUT2D eigenvalue weighted by atomic mass is 10.1. The molecule has 112 valence electrons. The molecule has 0 saturated carbocycles. The zero-order chi connectivity index (χ0) is 14.6. The van der Waals surface area contributed by atoms with Gasteiger partial charge in [-0.2, -0.15) is 0 Å². The summed E-state index contributed by atoms with van der Waals surface area (Å²) in [6.07, 6.45) is 1.97. The van der Waals surface area contributed by atoms with Crippen LogP contribution in [0.4, 0.5) is 4.39 Å². The van der Waals surface area contributed by atoms with Crippen LogP contribution in [0, 0.1) is 5.82 Å². The maximum atomic E-state index is 12.7. The molecule has 0 amide bonds. The Morgan fingerprint density at radius 1 is 1.30 bits per heavy atom. The highest BCUT2D eigenvalue weighted by Crippen LogP contribution is 2.05. The van der Waals surface area contributed by atoms with E-state index in [9.17, 15) is 9.18 Å². The molecular formula is C15H22FNO2S. The number of hydrogen-bond acceptors (Lipinski definition) is 4. The molecule has 0 atom stereocenters. The summed E-state index contributed by atoms with van der Waals surface area (Å²) in [7, 11) is 0. The van der Waals surface area contributed by atoms with E-state index >= 15 is 0 Å². The van der Waals surface area contributed by atoms with Crippen molar-refractivity contribution in [3.8, 4) is 0 Å². The molecule has 1 N–H and O–H groups in total. The zero-order valence-corrected chi connectivity index (χ0v) is 12.7. The second-order valence-electron chi connectivity index (χ2n) is 4.34. The van der Waals surface area contributed by atoms with Crippen LogP contribution < -0.4 is 5.32 Å². The summed E-state index contributed by atoms with van der Waals surface area (Å²) in [5.41, 5.74) is 1.16. The Morgan fingerprint density at radius 3 is 2.75 bits per heavy atom. The molecule has 0 unspecified atom stereocenters. The third kappa shape index (κ3) is 8.17. The minimum absolute atomic E-state index is 0.145. The molecule has 20 heavy (non-hydrogen) atoms. The standard InChI is InChI=1S/C15H22FNO2S/c1-2-19-15(18)12-20-11-10-17-9-3-4-13-5-7-14(16)8-6-13/h5-8,17H,2-4,9-12H2,1H3. The first-order valence-corrected chi connectivity index (χ1v) is 8.06. The minimum atomic E-state index is -0.189. The van der Waals surface area contributed by atoms with E-state index in [2.05, 4.69) is 5.32 Å². The van der Waals surface area contributed by atoms with E-state index in [-0.39, 0.29) is 11.8 Å². The number of carbonyl (C=O) groups excluding carboxylic acids is 1. The average molecular weight is 299 g/mol. The van der Waals surface area contributed by atoms with E-state index in [1.165, 1.54) is 12.1 Å². The normalized spacial score (nSPS) is 10.5. The zero-order valence-electron chi connectivity index (χ0n) is 11.9. The Balaban J connectivity index is 1.92. The molecule has 0 spiro atoms. The lowest BCUT2D eigenvalue weighted by Gasteiger charge is -2.05. The topological polar surface area (TPSA) is 38.3 Å². The number of hydrogen-bond donors (Lipinski definition) is 1. The van der Waals surface area contributed by atoms with Gasteiger partial charge in [0.15, 0.2) is 0 Å². The highest BCUT2D eigenvalue weighted by atomic mass is 32.2. The van der Waals surface area contributed by atoms with Gasteiger partial charge >= 0.3 is 5.97 Å². The molecule has 1 aromatic rings. The van der Waals surface area contributed by atoms with Crippen LogP contribution in [0.2, 0.25) is 0 Å². The van der Waals surface area contributed by atoms with Gasteiger partial charge in [0, 0.05) is 12.3 Å². The lowest BCUT2D eigenvalue weighted by molar-refractivity contribution is -0.139. The van der Waals surface area contributed by atoms with Crippen molar-refractivity contribution in [3.05, 3.63) is 35.6 Å². The van der Waals surface area contributed by atoms with Crippen molar-refractivity contribution in [2.75, 3.05) is 31.2 Å². The highest BCUT2D eigenvalue weighted by Gasteiger charge is 2.00. The molecule has 0 aliphatic rings. The maximum absolute atomic E-state index is 12.7. The van der Waals surface area contributed by atoms with E-state index in [0.29, 0.717) is 12.4 Å². The third-order valence-electron chi connectivity index (χ3n) is 2.68. The molecule has 0 saturated heterocycles. The Hall–Kier alpha value is -1.07. The van der Waals surface area contributed by atoms with Gasteiger partial charge in [-0.15, -0.1) is 11.8 Å². The van der Waals surface area contributed by atoms with Crippen LogP contribution in [-0.2, 0) is 16.0 Å². The van der Waals surface area contributed by atoms with Crippen LogP contribution in [0.3, 0.4) is 0 Å². The van der Waals surface area contributed by atoms with Gasteiger partial charge in [-0.3, -0.25) is 4.79 Å². The number of carbonyl (C=O) groups is 1. The first kappa shape index (κ1) is 17.0. The van der Waals surface area contributed by atoms with E-state index in [1.807, 2.05) is 19.1 Å². The quantitative estimate of drug-likeness (QED) is 0.532. The average Bonchev–Trinajstić information content (AvgIpc) is 2.44. The van der Waals surface area contributed by atoms with E-state index in [4.69, 9.17) is 4.74 Å². The molecule has 5 heteroatoms. The van der Waals surface area contributed by atoms with E-state index in [0.717, 1.165) is 37.2 Å². The first-order chi connectivity index (χ1) is 9.72. The SMILES string of the molecule is CCOC(=O)CSCCNCCCc1ccc(F)cc1. The van der Waals surface area contributed by atoms with Gasteiger partial charge in [-0.05, 0) is 44.0 Å². The molecule has 1 rings (SSSR count). The van der Waals surface area contributed by atoms with Crippen molar-refractivity contribution >= 4 is 17.7 Å². The van der Waals surface area contributed by atoms with Crippen LogP contribution in [0.5, 0.6) is 0 Å². The molecule has 0 aliphatic heterocycles.